The molecule has 0 aliphatic carbocycles. The molecule has 0 atom stereocenters. The molecule has 0 saturated carbocycles. The summed E-state index contributed by atoms with van der Waals surface area (Å²) >= 11 is 1.40. The van der Waals surface area contributed by atoms with E-state index in [0.717, 1.165) is 12.1 Å². The minimum absolute atomic E-state index is 0.400. The van der Waals surface area contributed by atoms with Gasteiger partial charge in [0.1, 0.15) is 0 Å². The van der Waals surface area contributed by atoms with Crippen molar-refractivity contribution >= 4 is 26.7 Å². The van der Waals surface area contributed by atoms with E-state index in [1.165, 1.54) is 15.6 Å². The van der Waals surface area contributed by atoms with Gasteiger partial charge >= 0.3 is 0 Å². The average Bonchev–Trinajstić information content (AvgIpc) is 2.82. The molecule has 0 amide bonds. The van der Waals surface area contributed by atoms with Gasteiger partial charge in [0.2, 0.25) is 0 Å². The third kappa shape index (κ3) is 4.39. The van der Waals surface area contributed by atoms with Gasteiger partial charge in [-0.15, -0.1) is 11.3 Å². The van der Waals surface area contributed by atoms with Gasteiger partial charge in [-0.05, 0) is 12.8 Å². The second-order valence-corrected chi connectivity index (χ2v) is 6.84. The normalized spacial score (nSPS) is 17.7. The maximum atomic E-state index is 11.9. The van der Waals surface area contributed by atoms with Crippen molar-refractivity contribution in [1.29, 1.82) is 0 Å². The molecule has 1 aliphatic heterocycles. The molecule has 1 saturated heterocycles. The van der Waals surface area contributed by atoms with Crippen molar-refractivity contribution < 1.29 is 13.2 Å². The van der Waals surface area contributed by atoms with Crippen molar-refractivity contribution in [3.05, 3.63) is 11.1 Å². The van der Waals surface area contributed by atoms with Gasteiger partial charge in [-0.25, -0.2) is 9.71 Å². The van der Waals surface area contributed by atoms with Crippen LogP contribution < -0.4 is 10.5 Å². The number of anilines is 1. The number of aryl methyl sites for hydroxylation is 1. The summed E-state index contributed by atoms with van der Waals surface area (Å²) < 4.78 is 33.0. The van der Waals surface area contributed by atoms with E-state index in [9.17, 15) is 8.42 Å². The highest BCUT2D eigenvalue weighted by atomic mass is 32.2. The first-order valence-corrected chi connectivity index (χ1v) is 8.42. The number of aromatic nitrogens is 1. The highest BCUT2D eigenvalue weighted by Gasteiger charge is 2.23. The van der Waals surface area contributed by atoms with Gasteiger partial charge in [0.15, 0.2) is 5.13 Å². The Hall–Kier alpha value is -0.740. The first-order valence-electron chi connectivity index (χ1n) is 6.10. The van der Waals surface area contributed by atoms with E-state index >= 15 is 0 Å². The van der Waals surface area contributed by atoms with E-state index in [2.05, 4.69) is 9.71 Å². The standard InChI is InChI=1S/C10H18N4O3S2/c11-10-13-9(8-18-10)2-1-3-12-19(15,16)14-4-6-17-7-5-14/h8,12H,1-7H2,(H2,11,13). The molecule has 0 unspecified atom stereocenters. The molecule has 9 heteroatoms. The van der Waals surface area contributed by atoms with Crippen molar-refractivity contribution in [1.82, 2.24) is 14.0 Å². The topological polar surface area (TPSA) is 97.5 Å². The fraction of sp³-hybridized carbons (Fsp3) is 0.700. The van der Waals surface area contributed by atoms with Crippen LogP contribution in [0.15, 0.2) is 5.38 Å². The molecule has 1 aliphatic rings. The van der Waals surface area contributed by atoms with Gasteiger partial charge in [0, 0.05) is 25.0 Å². The molecule has 0 radical (unpaired) electrons. The Balaban J connectivity index is 1.72. The number of thiazole rings is 1. The third-order valence-corrected chi connectivity index (χ3v) is 5.11. The number of hydrogen-bond acceptors (Lipinski definition) is 6. The zero-order valence-electron chi connectivity index (χ0n) is 10.5. The number of nitrogens with two attached hydrogens (primary N) is 1. The van der Waals surface area contributed by atoms with Gasteiger partial charge in [-0.3, -0.25) is 0 Å². The lowest BCUT2D eigenvalue weighted by Gasteiger charge is -2.26. The van der Waals surface area contributed by atoms with Crippen LogP contribution in [-0.2, 0) is 21.4 Å². The van der Waals surface area contributed by atoms with E-state index in [4.69, 9.17) is 10.5 Å². The third-order valence-electron chi connectivity index (χ3n) is 2.77. The Labute approximate surface area is 116 Å². The highest BCUT2D eigenvalue weighted by Crippen LogP contribution is 2.12. The maximum Gasteiger partial charge on any atom is 0.279 e. The number of nitrogens with zero attached hydrogens (tertiary/aromatic N) is 2. The average molecular weight is 306 g/mol. The molecule has 0 spiro atoms. The molecule has 2 heterocycles. The van der Waals surface area contributed by atoms with Crippen molar-refractivity contribution in [2.45, 2.75) is 12.8 Å². The smallest absolute Gasteiger partial charge is 0.279 e. The van der Waals surface area contributed by atoms with Gasteiger partial charge < -0.3 is 10.5 Å². The van der Waals surface area contributed by atoms with Crippen molar-refractivity contribution in [3.63, 3.8) is 0 Å². The summed E-state index contributed by atoms with van der Waals surface area (Å²) in [6.07, 6.45) is 1.42. The summed E-state index contributed by atoms with van der Waals surface area (Å²) in [7, 11) is -3.37. The first-order chi connectivity index (χ1) is 9.08. The molecule has 0 aromatic carbocycles. The second-order valence-electron chi connectivity index (χ2n) is 4.19. The largest absolute Gasteiger partial charge is 0.379 e. The molecule has 3 N–H and O–H groups in total. The number of hydrogen-bond donors (Lipinski definition) is 2. The monoisotopic (exact) mass is 306 g/mol. The Morgan fingerprint density at radius 2 is 2.21 bits per heavy atom. The van der Waals surface area contributed by atoms with Crippen LogP contribution >= 0.6 is 11.3 Å². The number of nitrogens with one attached hydrogen (secondary N) is 1. The lowest BCUT2D eigenvalue weighted by atomic mass is 10.2. The summed E-state index contributed by atoms with van der Waals surface area (Å²) in [5.74, 6) is 0. The van der Waals surface area contributed by atoms with Crippen LogP contribution in [-0.4, -0.2) is 50.6 Å². The SMILES string of the molecule is Nc1nc(CCCNS(=O)(=O)N2CCOCC2)cs1. The molecular formula is C10H18N4O3S2. The van der Waals surface area contributed by atoms with Crippen molar-refractivity contribution in [3.8, 4) is 0 Å². The van der Waals surface area contributed by atoms with E-state index in [-0.39, 0.29) is 0 Å². The summed E-state index contributed by atoms with van der Waals surface area (Å²) in [6, 6.07) is 0. The highest BCUT2D eigenvalue weighted by molar-refractivity contribution is 7.87. The molecular weight excluding hydrogens is 288 g/mol. The minimum atomic E-state index is -3.37. The second kappa shape index (κ2) is 6.62. The summed E-state index contributed by atoms with van der Waals surface area (Å²) in [4.78, 5) is 4.13. The summed E-state index contributed by atoms with van der Waals surface area (Å²) in [5, 5.41) is 2.44. The number of nitrogen functional groups attached to an aromatic ring is 1. The summed E-state index contributed by atoms with van der Waals surface area (Å²) in [6.45, 7) is 2.14. The van der Waals surface area contributed by atoms with Crippen LogP contribution in [0.2, 0.25) is 0 Å². The number of rotatable bonds is 6. The molecule has 108 valence electrons. The minimum Gasteiger partial charge on any atom is -0.379 e. The lowest BCUT2D eigenvalue weighted by Crippen LogP contribution is -2.46. The van der Waals surface area contributed by atoms with Crippen LogP contribution in [0.25, 0.3) is 0 Å². The Morgan fingerprint density at radius 1 is 1.47 bits per heavy atom. The quantitative estimate of drug-likeness (QED) is 0.711. The first kappa shape index (κ1) is 14.7. The van der Waals surface area contributed by atoms with Crippen LogP contribution in [0.5, 0.6) is 0 Å². The molecule has 0 bridgehead atoms. The number of morpholine rings is 1. The predicted molar refractivity (Wildman–Crippen MR) is 74.2 cm³/mol. The fourth-order valence-corrected chi connectivity index (χ4v) is 3.60. The fourth-order valence-electron chi connectivity index (χ4n) is 1.79. The molecule has 1 fully saturated rings. The van der Waals surface area contributed by atoms with Gasteiger partial charge in [0.25, 0.3) is 10.2 Å². The Morgan fingerprint density at radius 3 is 2.84 bits per heavy atom. The number of ether oxygens (including phenoxy) is 1. The molecule has 7 nitrogen and oxygen atoms in total. The molecule has 2 rings (SSSR count). The van der Waals surface area contributed by atoms with Crippen LogP contribution in [0.3, 0.4) is 0 Å². The van der Waals surface area contributed by atoms with E-state index < -0.39 is 10.2 Å². The van der Waals surface area contributed by atoms with Crippen molar-refractivity contribution in [2.24, 2.45) is 0 Å². The van der Waals surface area contributed by atoms with Crippen LogP contribution in [0.4, 0.5) is 5.13 Å². The van der Waals surface area contributed by atoms with Crippen LogP contribution in [0, 0.1) is 0 Å². The zero-order chi connectivity index (χ0) is 13.7. The molecule has 1 aromatic heterocycles. The summed E-state index contributed by atoms with van der Waals surface area (Å²) in [5.41, 5.74) is 6.44. The molecule has 1 aromatic rings. The van der Waals surface area contributed by atoms with Crippen molar-refractivity contribution in [2.75, 3.05) is 38.6 Å². The van der Waals surface area contributed by atoms with E-state index in [0.29, 0.717) is 44.4 Å². The molecule has 19 heavy (non-hydrogen) atoms. The van der Waals surface area contributed by atoms with Gasteiger partial charge in [-0.2, -0.15) is 12.7 Å². The zero-order valence-corrected chi connectivity index (χ0v) is 12.2. The van der Waals surface area contributed by atoms with Crippen LogP contribution in [0.1, 0.15) is 12.1 Å². The van der Waals surface area contributed by atoms with Gasteiger partial charge in [-0.1, -0.05) is 0 Å². The Kier molecular flexibility index (Phi) is 5.11. The lowest BCUT2D eigenvalue weighted by molar-refractivity contribution is 0.0725. The maximum absolute atomic E-state index is 11.9. The van der Waals surface area contributed by atoms with Gasteiger partial charge in [0.05, 0.1) is 18.9 Å². The Bertz CT molecular complexity index is 497. The van der Waals surface area contributed by atoms with E-state index in [1.807, 2.05) is 5.38 Å². The van der Waals surface area contributed by atoms with E-state index in [1.54, 1.807) is 0 Å². The predicted octanol–water partition coefficient (Wildman–Crippen LogP) is -0.175.